The summed E-state index contributed by atoms with van der Waals surface area (Å²) in [4.78, 5) is 12.3. The molecule has 1 aliphatic rings. The molecule has 5 nitrogen and oxygen atoms in total. The van der Waals surface area contributed by atoms with Crippen molar-refractivity contribution in [1.82, 2.24) is 15.5 Å². The standard InChI is InChI=1S/C18H22ClN3O2/c19-14-8-6-7-13(11-14)12-16-21-22-18(24-16)17(23)20-15-9-4-2-1-3-5-10-15/h6-8,11,15H,1-5,9-10,12H2,(H,20,23). The van der Waals surface area contributed by atoms with Gasteiger partial charge in [0.25, 0.3) is 0 Å². The summed E-state index contributed by atoms with van der Waals surface area (Å²) in [5.74, 6) is 0.180. The fourth-order valence-corrected chi connectivity index (χ4v) is 3.30. The molecule has 1 heterocycles. The van der Waals surface area contributed by atoms with E-state index in [-0.39, 0.29) is 17.8 Å². The SMILES string of the molecule is O=C(NC1CCCCCCC1)c1nnc(Cc2cccc(Cl)c2)o1. The van der Waals surface area contributed by atoms with Gasteiger partial charge in [0.1, 0.15) is 0 Å². The van der Waals surface area contributed by atoms with Gasteiger partial charge in [0.2, 0.25) is 5.89 Å². The molecule has 1 aromatic carbocycles. The van der Waals surface area contributed by atoms with Crippen molar-refractivity contribution >= 4 is 17.5 Å². The molecule has 1 N–H and O–H groups in total. The Morgan fingerprint density at radius 3 is 2.67 bits per heavy atom. The maximum absolute atomic E-state index is 12.3. The maximum atomic E-state index is 12.3. The molecule has 0 bridgehead atoms. The monoisotopic (exact) mass is 347 g/mol. The average Bonchev–Trinajstić information content (AvgIpc) is 2.98. The van der Waals surface area contributed by atoms with E-state index in [0.29, 0.717) is 17.3 Å². The van der Waals surface area contributed by atoms with E-state index in [1.807, 2.05) is 24.3 Å². The number of carbonyl (C=O) groups excluding carboxylic acids is 1. The van der Waals surface area contributed by atoms with Gasteiger partial charge in [0.15, 0.2) is 0 Å². The smallest absolute Gasteiger partial charge is 0.309 e. The fraction of sp³-hybridized carbons (Fsp3) is 0.500. The van der Waals surface area contributed by atoms with Gasteiger partial charge < -0.3 is 9.73 Å². The summed E-state index contributed by atoms with van der Waals surface area (Å²) in [5, 5.41) is 11.5. The van der Waals surface area contributed by atoms with Crippen LogP contribution in [0.1, 0.15) is 67.1 Å². The van der Waals surface area contributed by atoms with Crippen LogP contribution in [0.15, 0.2) is 28.7 Å². The van der Waals surface area contributed by atoms with Gasteiger partial charge in [-0.2, -0.15) is 0 Å². The van der Waals surface area contributed by atoms with Crippen molar-refractivity contribution in [2.45, 2.75) is 57.4 Å². The van der Waals surface area contributed by atoms with Crippen molar-refractivity contribution in [2.75, 3.05) is 0 Å². The zero-order chi connectivity index (χ0) is 16.8. The van der Waals surface area contributed by atoms with Gasteiger partial charge in [0, 0.05) is 11.1 Å². The largest absolute Gasteiger partial charge is 0.417 e. The predicted octanol–water partition coefficient (Wildman–Crippen LogP) is 4.16. The summed E-state index contributed by atoms with van der Waals surface area (Å²) in [6, 6.07) is 7.67. The normalized spacial score (nSPS) is 16.4. The molecule has 0 aliphatic heterocycles. The number of amides is 1. The van der Waals surface area contributed by atoms with Crippen molar-refractivity contribution in [3.8, 4) is 0 Å². The second-order valence-electron chi connectivity index (χ2n) is 6.32. The lowest BCUT2D eigenvalue weighted by Gasteiger charge is -2.19. The van der Waals surface area contributed by atoms with Gasteiger partial charge in [-0.3, -0.25) is 4.79 Å². The van der Waals surface area contributed by atoms with E-state index in [1.54, 1.807) is 0 Å². The summed E-state index contributed by atoms with van der Waals surface area (Å²) < 4.78 is 5.51. The van der Waals surface area contributed by atoms with Crippen LogP contribution in [0.3, 0.4) is 0 Å². The van der Waals surface area contributed by atoms with E-state index in [4.69, 9.17) is 16.0 Å². The molecule has 128 valence electrons. The Morgan fingerprint density at radius 2 is 1.92 bits per heavy atom. The van der Waals surface area contributed by atoms with Crippen LogP contribution in [0.2, 0.25) is 5.02 Å². The number of hydrogen-bond acceptors (Lipinski definition) is 4. The average molecular weight is 348 g/mol. The lowest BCUT2D eigenvalue weighted by molar-refractivity contribution is 0.0893. The molecule has 2 aromatic rings. The predicted molar refractivity (Wildman–Crippen MR) is 92.1 cm³/mol. The highest BCUT2D eigenvalue weighted by Crippen LogP contribution is 2.18. The van der Waals surface area contributed by atoms with Crippen LogP contribution in [0.25, 0.3) is 0 Å². The molecule has 24 heavy (non-hydrogen) atoms. The van der Waals surface area contributed by atoms with Crippen LogP contribution < -0.4 is 5.32 Å². The first-order valence-electron chi connectivity index (χ1n) is 8.58. The maximum Gasteiger partial charge on any atom is 0.309 e. The Bertz CT molecular complexity index is 678. The molecule has 1 saturated carbocycles. The molecule has 1 aromatic heterocycles. The number of rotatable bonds is 4. The highest BCUT2D eigenvalue weighted by atomic mass is 35.5. The summed E-state index contributed by atoms with van der Waals surface area (Å²) >= 11 is 5.97. The van der Waals surface area contributed by atoms with Gasteiger partial charge >= 0.3 is 11.8 Å². The third-order valence-corrected chi connectivity index (χ3v) is 4.58. The van der Waals surface area contributed by atoms with Crippen LogP contribution >= 0.6 is 11.6 Å². The number of benzene rings is 1. The molecular formula is C18H22ClN3O2. The van der Waals surface area contributed by atoms with E-state index in [9.17, 15) is 4.79 Å². The number of aromatic nitrogens is 2. The topological polar surface area (TPSA) is 68.0 Å². The molecule has 0 atom stereocenters. The third-order valence-electron chi connectivity index (χ3n) is 4.35. The zero-order valence-corrected chi connectivity index (χ0v) is 14.4. The molecule has 0 saturated heterocycles. The minimum absolute atomic E-state index is 0.0362. The lowest BCUT2D eigenvalue weighted by atomic mass is 9.97. The summed E-state index contributed by atoms with van der Waals surface area (Å²) in [6.45, 7) is 0. The zero-order valence-electron chi connectivity index (χ0n) is 13.6. The third kappa shape index (κ3) is 4.81. The van der Waals surface area contributed by atoms with Crippen molar-refractivity contribution in [3.63, 3.8) is 0 Å². The Balaban J connectivity index is 1.58. The highest BCUT2D eigenvalue weighted by molar-refractivity contribution is 6.30. The summed E-state index contributed by atoms with van der Waals surface area (Å²) in [5.41, 5.74) is 0.970. The van der Waals surface area contributed by atoms with Gasteiger partial charge in [-0.1, -0.05) is 55.8 Å². The molecule has 3 rings (SSSR count). The number of nitrogens with zero attached hydrogens (tertiary/aromatic N) is 2. The van der Waals surface area contributed by atoms with Crippen molar-refractivity contribution in [2.24, 2.45) is 0 Å². The molecule has 6 heteroatoms. The molecule has 1 amide bonds. The van der Waals surface area contributed by atoms with Gasteiger partial charge in [0.05, 0.1) is 6.42 Å². The first-order chi connectivity index (χ1) is 11.7. The van der Waals surface area contributed by atoms with Crippen LogP contribution in [-0.4, -0.2) is 22.1 Å². The molecule has 0 spiro atoms. The first-order valence-corrected chi connectivity index (χ1v) is 8.96. The quantitative estimate of drug-likeness (QED) is 0.901. The number of halogens is 1. The van der Waals surface area contributed by atoms with Crippen LogP contribution in [0, 0.1) is 0 Å². The van der Waals surface area contributed by atoms with Crippen molar-refractivity contribution in [1.29, 1.82) is 0 Å². The minimum Gasteiger partial charge on any atom is -0.417 e. The summed E-state index contributed by atoms with van der Waals surface area (Å²) in [7, 11) is 0. The Kier molecular flexibility index (Phi) is 5.86. The first kappa shape index (κ1) is 17.0. The highest BCUT2D eigenvalue weighted by Gasteiger charge is 2.19. The molecule has 0 radical (unpaired) electrons. The number of carbonyl (C=O) groups is 1. The Morgan fingerprint density at radius 1 is 1.17 bits per heavy atom. The van der Waals surface area contributed by atoms with E-state index in [2.05, 4.69) is 15.5 Å². The Labute approximate surface area is 146 Å². The second-order valence-corrected chi connectivity index (χ2v) is 6.76. The number of hydrogen-bond donors (Lipinski definition) is 1. The summed E-state index contributed by atoms with van der Waals surface area (Å²) in [6.07, 6.45) is 8.63. The second kappa shape index (κ2) is 8.29. The van der Waals surface area contributed by atoms with Gasteiger partial charge in [-0.25, -0.2) is 0 Å². The van der Waals surface area contributed by atoms with Gasteiger partial charge in [-0.15, -0.1) is 10.2 Å². The molecular weight excluding hydrogens is 326 g/mol. The molecule has 1 aliphatic carbocycles. The Hall–Kier alpha value is -1.88. The lowest BCUT2D eigenvalue weighted by Crippen LogP contribution is -2.35. The van der Waals surface area contributed by atoms with E-state index in [1.165, 1.54) is 19.3 Å². The van der Waals surface area contributed by atoms with Crippen LogP contribution in [0.4, 0.5) is 0 Å². The van der Waals surface area contributed by atoms with Crippen LogP contribution in [0.5, 0.6) is 0 Å². The van der Waals surface area contributed by atoms with Crippen molar-refractivity contribution in [3.05, 3.63) is 46.6 Å². The minimum atomic E-state index is -0.273. The molecule has 1 fully saturated rings. The van der Waals surface area contributed by atoms with Crippen LogP contribution in [-0.2, 0) is 6.42 Å². The van der Waals surface area contributed by atoms with E-state index in [0.717, 1.165) is 31.2 Å². The van der Waals surface area contributed by atoms with E-state index < -0.39 is 0 Å². The van der Waals surface area contributed by atoms with Crippen molar-refractivity contribution < 1.29 is 9.21 Å². The fourth-order valence-electron chi connectivity index (χ4n) is 3.09. The van der Waals surface area contributed by atoms with Gasteiger partial charge in [-0.05, 0) is 30.5 Å². The number of nitrogens with one attached hydrogen (secondary N) is 1. The molecule has 0 unspecified atom stereocenters. The van der Waals surface area contributed by atoms with E-state index >= 15 is 0 Å².